The van der Waals surface area contributed by atoms with E-state index in [9.17, 15) is 0 Å². The summed E-state index contributed by atoms with van der Waals surface area (Å²) in [5.74, 6) is 0. The van der Waals surface area contributed by atoms with Gasteiger partial charge in [-0.15, -0.1) is 9.79 Å². The molecule has 3 nitrogen and oxygen atoms in total. The third kappa shape index (κ3) is 29.9. The summed E-state index contributed by atoms with van der Waals surface area (Å²) in [5, 5.41) is 0. The molecule has 0 radical (unpaired) electrons. The van der Waals surface area contributed by atoms with Gasteiger partial charge in [0.25, 0.3) is 0 Å². The van der Waals surface area contributed by atoms with Crippen molar-refractivity contribution in [2.75, 3.05) is 0 Å². The van der Waals surface area contributed by atoms with E-state index in [1.54, 1.807) is 0 Å². The summed E-state index contributed by atoms with van der Waals surface area (Å²) in [6.07, 6.45) is 0. The normalized spacial score (nSPS) is 5.20. The molecular formula is H4O3PSr+. The third-order valence-corrected chi connectivity index (χ3v) is 0. The van der Waals surface area contributed by atoms with Crippen molar-refractivity contribution in [3.63, 3.8) is 0 Å². The van der Waals surface area contributed by atoms with Gasteiger partial charge in [0.05, 0.1) is 0 Å². The minimum atomic E-state index is -2.87. The number of hydrogen-bond acceptors (Lipinski definition) is 1. The van der Waals surface area contributed by atoms with Crippen LogP contribution in [0.15, 0.2) is 0 Å². The molecule has 0 saturated carbocycles. The first-order valence-electron chi connectivity index (χ1n) is 0.583. The zero-order chi connectivity index (χ0) is 3.58. The maximum atomic E-state index is 8.70. The number of rotatable bonds is 0. The molecule has 0 aromatic carbocycles. The fraction of sp³-hybridized carbons (Fsp3) is 0. The van der Waals surface area contributed by atoms with Crippen LogP contribution in [-0.4, -0.2) is 55.3 Å². The maximum Gasteiger partial charge on any atom is 2.00 e. The van der Waals surface area contributed by atoms with Crippen LogP contribution in [0, 0.1) is 0 Å². The predicted octanol–water partition coefficient (Wildman–Crippen LogP) is -0.527. The van der Waals surface area contributed by atoms with E-state index in [0.29, 0.717) is 0 Å². The zero-order valence-electron chi connectivity index (χ0n) is 4.46. The predicted molar refractivity (Wildman–Crippen MR) is 20.0 cm³/mol. The van der Waals surface area contributed by atoms with E-state index in [-0.39, 0.29) is 48.3 Å². The van der Waals surface area contributed by atoms with Crippen molar-refractivity contribution in [2.45, 2.75) is 0 Å². The van der Waals surface area contributed by atoms with Crippen LogP contribution in [0.1, 0.15) is 2.85 Å². The SMILES string of the molecule is O=[P+](O)O.[H-].[H-].[Sr+2]. The zero-order valence-corrected chi connectivity index (χ0v) is 6.83. The average molecular weight is 171 g/mol. The van der Waals surface area contributed by atoms with Crippen LogP contribution >= 0.6 is 8.25 Å². The Labute approximate surface area is 70.2 Å². The Morgan fingerprint density at radius 3 is 1.60 bits per heavy atom. The molecule has 2 N–H and O–H groups in total. The Bertz CT molecular complexity index is 35.9. The van der Waals surface area contributed by atoms with Crippen LogP contribution in [0.5, 0.6) is 0 Å². The molecular weight excluding hydrogens is 167 g/mol. The van der Waals surface area contributed by atoms with E-state index in [1.165, 1.54) is 0 Å². The fourth-order valence-electron chi connectivity index (χ4n) is 0. The molecule has 0 aliphatic carbocycles. The molecule has 0 heterocycles. The van der Waals surface area contributed by atoms with Gasteiger partial charge in [-0.1, -0.05) is 0 Å². The largest absolute Gasteiger partial charge is 2.00 e. The Morgan fingerprint density at radius 1 is 1.60 bits per heavy atom. The molecule has 0 aliphatic heterocycles. The van der Waals surface area contributed by atoms with E-state index >= 15 is 0 Å². The van der Waals surface area contributed by atoms with E-state index in [1.807, 2.05) is 0 Å². The molecule has 0 aliphatic rings. The van der Waals surface area contributed by atoms with Crippen LogP contribution in [0.25, 0.3) is 0 Å². The first-order chi connectivity index (χ1) is 1.73. The molecule has 0 aromatic heterocycles. The van der Waals surface area contributed by atoms with Crippen LogP contribution in [-0.2, 0) is 4.57 Å². The van der Waals surface area contributed by atoms with E-state index in [2.05, 4.69) is 0 Å². The first-order valence-corrected chi connectivity index (χ1v) is 1.75. The van der Waals surface area contributed by atoms with Crippen molar-refractivity contribution in [2.24, 2.45) is 0 Å². The van der Waals surface area contributed by atoms with Gasteiger partial charge in [-0.3, -0.25) is 0 Å². The van der Waals surface area contributed by atoms with Crippen molar-refractivity contribution in [1.29, 1.82) is 0 Å². The Balaban J connectivity index is -0.0000000150. The molecule has 0 bridgehead atoms. The molecule has 0 rings (SSSR count). The first kappa shape index (κ1) is 9.71. The van der Waals surface area contributed by atoms with Crippen molar-refractivity contribution in [3.8, 4) is 0 Å². The molecule has 0 unspecified atom stereocenters. The molecule has 5 heteroatoms. The molecule has 0 amide bonds. The molecule has 0 saturated heterocycles. The van der Waals surface area contributed by atoms with Gasteiger partial charge >= 0.3 is 53.7 Å². The van der Waals surface area contributed by atoms with Gasteiger partial charge in [-0.25, -0.2) is 0 Å². The molecule has 28 valence electrons. The topological polar surface area (TPSA) is 57.5 Å². The number of hydrogen-bond donors (Lipinski definition) is 2. The van der Waals surface area contributed by atoms with Crippen molar-refractivity contribution < 1.29 is 17.2 Å². The van der Waals surface area contributed by atoms with Crippen LogP contribution in [0.2, 0.25) is 0 Å². The van der Waals surface area contributed by atoms with Gasteiger partial charge in [0.1, 0.15) is 0 Å². The quantitative estimate of drug-likeness (QED) is 0.380. The molecule has 0 spiro atoms. The smallest absolute Gasteiger partial charge is 1.00 e. The fourth-order valence-corrected chi connectivity index (χ4v) is 0. The minimum Gasteiger partial charge on any atom is -1.00 e. The molecule has 0 atom stereocenters. The Morgan fingerprint density at radius 2 is 1.60 bits per heavy atom. The third-order valence-electron chi connectivity index (χ3n) is 0. The van der Waals surface area contributed by atoms with Crippen LogP contribution < -0.4 is 0 Å². The summed E-state index contributed by atoms with van der Waals surface area (Å²) in [5.41, 5.74) is 0. The van der Waals surface area contributed by atoms with Gasteiger partial charge in [0.2, 0.25) is 0 Å². The van der Waals surface area contributed by atoms with Gasteiger partial charge in [0, 0.05) is 4.57 Å². The van der Waals surface area contributed by atoms with E-state index < -0.39 is 8.25 Å². The summed E-state index contributed by atoms with van der Waals surface area (Å²) in [7, 11) is -2.87. The Kier molecular flexibility index (Phi) is 10.7. The molecule has 5 heavy (non-hydrogen) atoms. The minimum absolute atomic E-state index is 0. The summed E-state index contributed by atoms with van der Waals surface area (Å²) in [6.45, 7) is 0. The van der Waals surface area contributed by atoms with Gasteiger partial charge in [0.15, 0.2) is 0 Å². The second-order valence-corrected chi connectivity index (χ2v) is 0.758. The molecule has 0 aromatic rings. The average Bonchev–Trinajstić information content (AvgIpc) is 0.811. The second kappa shape index (κ2) is 5.50. The maximum absolute atomic E-state index is 8.70. The summed E-state index contributed by atoms with van der Waals surface area (Å²) < 4.78 is 8.70. The summed E-state index contributed by atoms with van der Waals surface area (Å²) in [6, 6.07) is 0. The van der Waals surface area contributed by atoms with Gasteiger partial charge in [-0.2, -0.15) is 0 Å². The van der Waals surface area contributed by atoms with Gasteiger partial charge in [-0.05, 0) is 0 Å². The summed E-state index contributed by atoms with van der Waals surface area (Å²) in [4.78, 5) is 14.2. The van der Waals surface area contributed by atoms with Gasteiger partial charge < -0.3 is 2.85 Å². The van der Waals surface area contributed by atoms with Crippen LogP contribution in [0.4, 0.5) is 0 Å². The van der Waals surface area contributed by atoms with Crippen LogP contribution in [0.3, 0.4) is 0 Å². The van der Waals surface area contributed by atoms with Crippen molar-refractivity contribution >= 4 is 53.7 Å². The van der Waals surface area contributed by atoms with Crippen molar-refractivity contribution in [1.82, 2.24) is 0 Å². The van der Waals surface area contributed by atoms with Crippen molar-refractivity contribution in [3.05, 3.63) is 0 Å². The monoisotopic (exact) mass is 171 g/mol. The second-order valence-electron chi connectivity index (χ2n) is 0.253. The summed E-state index contributed by atoms with van der Waals surface area (Å²) >= 11 is 0. The van der Waals surface area contributed by atoms with E-state index in [4.69, 9.17) is 14.4 Å². The van der Waals surface area contributed by atoms with E-state index in [0.717, 1.165) is 0 Å². The molecule has 0 fully saturated rings. The Hall–Kier alpha value is 1.50. The standard InChI is InChI=1S/HO3P.Sr.2H/c1-4(2)3;;;/h(H-,1,2,3);;;/q;+2;2*-1/p+1.